The number of amides is 1. The molecule has 192 valence electrons. The predicted molar refractivity (Wildman–Crippen MR) is 150 cm³/mol. The minimum absolute atomic E-state index is 0.0220. The van der Waals surface area contributed by atoms with Crippen molar-refractivity contribution in [3.05, 3.63) is 87.2 Å². The molecule has 0 aliphatic heterocycles. The fourth-order valence-corrected chi connectivity index (χ4v) is 6.40. The lowest BCUT2D eigenvalue weighted by molar-refractivity contribution is -0.115. The molecule has 1 aliphatic carbocycles. The summed E-state index contributed by atoms with van der Waals surface area (Å²) in [4.78, 5) is 16.6. The first-order chi connectivity index (χ1) is 17.7. The third kappa shape index (κ3) is 6.54. The van der Waals surface area contributed by atoms with E-state index in [2.05, 4.69) is 10.2 Å². The van der Waals surface area contributed by atoms with E-state index in [-0.39, 0.29) is 23.0 Å². The van der Waals surface area contributed by atoms with Crippen LogP contribution in [0.3, 0.4) is 0 Å². The monoisotopic (exact) mass is 554 g/mol. The maximum absolute atomic E-state index is 12.6. The van der Waals surface area contributed by atoms with E-state index in [1.165, 1.54) is 37.8 Å². The second-order valence-electron chi connectivity index (χ2n) is 9.40. The van der Waals surface area contributed by atoms with Gasteiger partial charge >= 0.3 is 0 Å². The molecule has 0 unspecified atom stereocenters. The van der Waals surface area contributed by atoms with E-state index in [0.717, 1.165) is 17.5 Å². The van der Waals surface area contributed by atoms with Crippen LogP contribution >= 0.6 is 23.2 Å². The molecule has 3 aromatic rings. The van der Waals surface area contributed by atoms with Crippen LogP contribution in [0.4, 0.5) is 11.4 Å². The van der Waals surface area contributed by atoms with Gasteiger partial charge in [0.2, 0.25) is 5.91 Å². The number of nitrogens with one attached hydrogen (secondary N) is 1. The second kappa shape index (κ2) is 11.7. The number of sulfone groups is 1. The Hall–Kier alpha value is -2.85. The van der Waals surface area contributed by atoms with Gasteiger partial charge in [0.15, 0.2) is 15.5 Å². The van der Waals surface area contributed by atoms with Gasteiger partial charge in [-0.1, -0.05) is 80.1 Å². The number of rotatable bonds is 8. The Balaban J connectivity index is 1.48. The lowest BCUT2D eigenvalue weighted by Crippen LogP contribution is -2.14. The zero-order valence-corrected chi connectivity index (χ0v) is 22.9. The Bertz CT molecular complexity index is 1430. The van der Waals surface area contributed by atoms with Crippen molar-refractivity contribution < 1.29 is 13.2 Å². The first-order valence-corrected chi connectivity index (χ1v) is 14.7. The molecule has 3 aromatic carbocycles. The van der Waals surface area contributed by atoms with Crippen LogP contribution in [0.1, 0.15) is 43.7 Å². The zero-order valence-electron chi connectivity index (χ0n) is 20.6. The second-order valence-corrected chi connectivity index (χ2v) is 12.5. The van der Waals surface area contributed by atoms with Gasteiger partial charge in [-0.15, -0.1) is 0 Å². The normalized spacial score (nSPS) is 13.9. The molecular formula is C29H28Cl2N2O3S. The summed E-state index contributed by atoms with van der Waals surface area (Å²) in [6, 6.07) is 15.4. The Labute approximate surface area is 228 Å². The van der Waals surface area contributed by atoms with Crippen LogP contribution < -0.4 is 5.32 Å². The van der Waals surface area contributed by atoms with Crippen molar-refractivity contribution in [2.24, 2.45) is 5.92 Å². The van der Waals surface area contributed by atoms with E-state index in [4.69, 9.17) is 29.8 Å². The van der Waals surface area contributed by atoms with Gasteiger partial charge in [0.05, 0.1) is 33.7 Å². The van der Waals surface area contributed by atoms with Gasteiger partial charge in [-0.05, 0) is 59.4 Å². The Morgan fingerprint density at radius 2 is 1.68 bits per heavy atom. The largest absolute Gasteiger partial charge is 0.326 e. The van der Waals surface area contributed by atoms with E-state index < -0.39 is 9.84 Å². The molecule has 8 heteroatoms. The van der Waals surface area contributed by atoms with Crippen LogP contribution in [0, 0.1) is 12.5 Å². The highest BCUT2D eigenvalue weighted by molar-refractivity contribution is 7.91. The molecule has 0 saturated heterocycles. The number of hydrogen-bond acceptors (Lipinski definition) is 3. The molecule has 1 saturated carbocycles. The Morgan fingerprint density at radius 1 is 1.03 bits per heavy atom. The minimum Gasteiger partial charge on any atom is -0.326 e. The SMILES string of the molecule is [C-]#[N+]c1cc(-c2c(Cl)cc(NC(=O)Cc3ccc(S(=O)(=O)CC)cc3)cc2Cl)ccc1CC1CCCC1. The van der Waals surface area contributed by atoms with Crippen LogP contribution in [0.25, 0.3) is 16.0 Å². The average molecular weight is 556 g/mol. The molecule has 0 heterocycles. The first kappa shape index (κ1) is 27.2. The van der Waals surface area contributed by atoms with Crippen molar-refractivity contribution in [2.45, 2.75) is 50.3 Å². The van der Waals surface area contributed by atoms with Crippen molar-refractivity contribution in [3.63, 3.8) is 0 Å². The molecule has 1 aliphatic rings. The van der Waals surface area contributed by atoms with Gasteiger partial charge in [-0.2, -0.15) is 0 Å². The number of hydrogen-bond donors (Lipinski definition) is 1. The van der Waals surface area contributed by atoms with E-state index >= 15 is 0 Å². The Morgan fingerprint density at radius 3 is 2.27 bits per heavy atom. The summed E-state index contributed by atoms with van der Waals surface area (Å²) in [5, 5.41) is 3.55. The van der Waals surface area contributed by atoms with Gasteiger partial charge in [0.25, 0.3) is 0 Å². The Kier molecular flexibility index (Phi) is 8.59. The number of carbonyl (C=O) groups excluding carboxylic acids is 1. The minimum atomic E-state index is -3.29. The molecule has 1 N–H and O–H groups in total. The number of nitrogens with zero attached hydrogens (tertiary/aromatic N) is 1. The van der Waals surface area contributed by atoms with Crippen LogP contribution in [0.5, 0.6) is 0 Å². The molecular weight excluding hydrogens is 527 g/mol. The molecule has 0 spiro atoms. The summed E-state index contributed by atoms with van der Waals surface area (Å²) < 4.78 is 23.9. The van der Waals surface area contributed by atoms with Crippen LogP contribution in [0.2, 0.25) is 10.0 Å². The van der Waals surface area contributed by atoms with Crippen LogP contribution in [0.15, 0.2) is 59.5 Å². The fourth-order valence-electron chi connectivity index (χ4n) is 4.81. The molecule has 1 fully saturated rings. The van der Waals surface area contributed by atoms with Gasteiger partial charge in [0, 0.05) is 11.3 Å². The van der Waals surface area contributed by atoms with Crippen LogP contribution in [-0.4, -0.2) is 20.1 Å². The van der Waals surface area contributed by atoms with Crippen molar-refractivity contribution in [1.82, 2.24) is 0 Å². The molecule has 5 nitrogen and oxygen atoms in total. The number of carbonyl (C=O) groups is 1. The molecule has 4 rings (SSSR count). The fraction of sp³-hybridized carbons (Fsp3) is 0.310. The summed E-state index contributed by atoms with van der Waals surface area (Å²) in [5.74, 6) is 0.384. The lowest BCUT2D eigenvalue weighted by Gasteiger charge is -2.15. The third-order valence-corrected chi connectivity index (χ3v) is 9.18. The average Bonchev–Trinajstić information content (AvgIpc) is 3.38. The van der Waals surface area contributed by atoms with E-state index in [0.29, 0.717) is 38.5 Å². The van der Waals surface area contributed by atoms with Gasteiger partial charge < -0.3 is 5.32 Å². The molecule has 0 aromatic heterocycles. The highest BCUT2D eigenvalue weighted by Gasteiger charge is 2.19. The molecule has 37 heavy (non-hydrogen) atoms. The molecule has 0 atom stereocenters. The standard InChI is InChI=1S/C29H28Cl2N2O3S/c1-3-37(35,36)24-12-8-20(9-13-24)15-28(34)33-23-17-25(30)29(26(31)18-23)22-11-10-21(27(16-22)32-2)14-19-6-4-5-7-19/h8-13,16-19H,3-7,14-15H2,1H3,(H,33,34). The number of benzene rings is 3. The maximum Gasteiger partial charge on any atom is 0.228 e. The van der Waals surface area contributed by atoms with Crippen molar-refractivity contribution in [1.29, 1.82) is 0 Å². The van der Waals surface area contributed by atoms with Crippen molar-refractivity contribution >= 4 is 50.3 Å². The van der Waals surface area contributed by atoms with Crippen molar-refractivity contribution in [2.75, 3.05) is 11.1 Å². The maximum atomic E-state index is 12.6. The number of anilines is 1. The van der Waals surface area contributed by atoms with E-state index in [1.54, 1.807) is 31.2 Å². The topological polar surface area (TPSA) is 67.6 Å². The lowest BCUT2D eigenvalue weighted by atomic mass is 9.94. The highest BCUT2D eigenvalue weighted by atomic mass is 35.5. The van der Waals surface area contributed by atoms with Gasteiger partial charge in [-0.25, -0.2) is 13.3 Å². The molecule has 0 bridgehead atoms. The van der Waals surface area contributed by atoms with E-state index in [1.807, 2.05) is 18.2 Å². The van der Waals surface area contributed by atoms with Gasteiger partial charge in [0.1, 0.15) is 0 Å². The first-order valence-electron chi connectivity index (χ1n) is 12.3. The summed E-state index contributed by atoms with van der Waals surface area (Å²) in [6.07, 6.45) is 5.95. The molecule has 0 radical (unpaired) electrons. The highest BCUT2D eigenvalue weighted by Crippen LogP contribution is 2.40. The summed E-state index contributed by atoms with van der Waals surface area (Å²) in [6.45, 7) is 9.25. The van der Waals surface area contributed by atoms with Crippen LogP contribution in [-0.2, 0) is 27.5 Å². The quantitative estimate of drug-likeness (QED) is 0.287. The summed E-state index contributed by atoms with van der Waals surface area (Å²) >= 11 is 13.2. The van der Waals surface area contributed by atoms with Gasteiger partial charge in [-0.3, -0.25) is 4.79 Å². The predicted octanol–water partition coefficient (Wildman–Crippen LogP) is 7.92. The third-order valence-electron chi connectivity index (χ3n) is 6.83. The van der Waals surface area contributed by atoms with E-state index in [9.17, 15) is 13.2 Å². The smallest absolute Gasteiger partial charge is 0.228 e. The summed E-state index contributed by atoms with van der Waals surface area (Å²) in [7, 11) is -3.29. The number of halogens is 2. The zero-order chi connectivity index (χ0) is 26.6. The molecule has 1 amide bonds. The van der Waals surface area contributed by atoms with Crippen molar-refractivity contribution in [3.8, 4) is 11.1 Å². The summed E-state index contributed by atoms with van der Waals surface area (Å²) in [5.41, 5.74) is 4.19.